The van der Waals surface area contributed by atoms with Crippen molar-refractivity contribution < 1.29 is 14.3 Å². The van der Waals surface area contributed by atoms with E-state index >= 15 is 0 Å². The molecule has 0 aromatic heterocycles. The number of fused-ring (bicyclic) bond motifs is 1. The predicted octanol–water partition coefficient (Wildman–Crippen LogP) is 2.61. The molecule has 1 heterocycles. The Bertz CT molecular complexity index is 725. The average molecular weight is 310 g/mol. The van der Waals surface area contributed by atoms with Crippen molar-refractivity contribution in [2.24, 2.45) is 0 Å². The van der Waals surface area contributed by atoms with Gasteiger partial charge in [0.2, 0.25) is 11.8 Å². The third-order valence-corrected chi connectivity index (χ3v) is 3.85. The van der Waals surface area contributed by atoms with Crippen LogP contribution in [0.3, 0.4) is 0 Å². The molecule has 23 heavy (non-hydrogen) atoms. The second-order valence-electron chi connectivity index (χ2n) is 5.39. The summed E-state index contributed by atoms with van der Waals surface area (Å²) in [5, 5.41) is 2.84. The Balaban J connectivity index is 1.82. The van der Waals surface area contributed by atoms with Crippen molar-refractivity contribution in [1.82, 2.24) is 0 Å². The zero-order valence-corrected chi connectivity index (χ0v) is 12.9. The molecule has 1 aliphatic rings. The van der Waals surface area contributed by atoms with E-state index in [-0.39, 0.29) is 18.2 Å². The van der Waals surface area contributed by atoms with Crippen molar-refractivity contribution >= 4 is 23.2 Å². The summed E-state index contributed by atoms with van der Waals surface area (Å²) in [6.45, 7) is 0.387. The third-order valence-electron chi connectivity index (χ3n) is 3.85. The molecule has 0 unspecified atom stereocenters. The highest BCUT2D eigenvalue weighted by Gasteiger charge is 2.23. The molecule has 2 aromatic rings. The van der Waals surface area contributed by atoms with Gasteiger partial charge < -0.3 is 15.0 Å². The maximum Gasteiger partial charge on any atom is 0.231 e. The number of methoxy groups -OCH3 is 1. The molecule has 2 aromatic carbocycles. The van der Waals surface area contributed by atoms with Gasteiger partial charge in [-0.3, -0.25) is 9.59 Å². The molecular formula is C18H18N2O3. The Hall–Kier alpha value is -2.82. The van der Waals surface area contributed by atoms with Gasteiger partial charge in [-0.2, -0.15) is 0 Å². The quantitative estimate of drug-likeness (QED) is 0.948. The predicted molar refractivity (Wildman–Crippen MR) is 88.7 cm³/mol. The molecular weight excluding hydrogens is 292 g/mol. The number of carbonyl (C=O) groups excluding carboxylic acids is 2. The molecule has 0 atom stereocenters. The summed E-state index contributed by atoms with van der Waals surface area (Å²) in [4.78, 5) is 26.2. The number of rotatable bonds is 3. The lowest BCUT2D eigenvalue weighted by molar-refractivity contribution is -0.118. The van der Waals surface area contributed by atoms with Crippen LogP contribution in [0.25, 0.3) is 0 Å². The summed E-state index contributed by atoms with van der Waals surface area (Å²) in [7, 11) is 1.61. The molecule has 0 aliphatic carbocycles. The van der Waals surface area contributed by atoms with E-state index in [0.717, 1.165) is 17.0 Å². The number of benzene rings is 2. The van der Waals surface area contributed by atoms with Crippen molar-refractivity contribution in [3.63, 3.8) is 0 Å². The minimum absolute atomic E-state index is 0.0286. The third kappa shape index (κ3) is 3.34. The van der Waals surface area contributed by atoms with E-state index in [1.807, 2.05) is 48.5 Å². The number of hydrogen-bond donors (Lipinski definition) is 1. The molecule has 0 bridgehead atoms. The van der Waals surface area contributed by atoms with Gasteiger partial charge in [0.05, 0.1) is 24.9 Å². The van der Waals surface area contributed by atoms with E-state index in [4.69, 9.17) is 4.74 Å². The standard InChI is InChI=1S/C18H18N2O3/c1-23-14-8-6-13(7-9-14)12-18(22)20-11-10-17(21)19-15-4-2-3-5-16(15)20/h2-9H,10-12H2,1H3,(H,19,21). The van der Waals surface area contributed by atoms with Crippen LogP contribution in [-0.2, 0) is 16.0 Å². The summed E-state index contributed by atoms with van der Waals surface area (Å²) in [5.74, 6) is 0.660. The van der Waals surface area contributed by atoms with Crippen LogP contribution in [0.1, 0.15) is 12.0 Å². The van der Waals surface area contributed by atoms with Crippen LogP contribution in [0.5, 0.6) is 5.75 Å². The van der Waals surface area contributed by atoms with Crippen LogP contribution in [0.2, 0.25) is 0 Å². The molecule has 3 rings (SSSR count). The second-order valence-corrected chi connectivity index (χ2v) is 5.39. The number of para-hydroxylation sites is 2. The van der Waals surface area contributed by atoms with Crippen LogP contribution in [0.15, 0.2) is 48.5 Å². The number of anilines is 2. The highest BCUT2D eigenvalue weighted by molar-refractivity contribution is 6.04. The fourth-order valence-corrected chi connectivity index (χ4v) is 2.63. The monoisotopic (exact) mass is 310 g/mol. The highest BCUT2D eigenvalue weighted by Crippen LogP contribution is 2.29. The normalized spacial score (nSPS) is 13.8. The molecule has 2 amide bonds. The van der Waals surface area contributed by atoms with E-state index < -0.39 is 0 Å². The van der Waals surface area contributed by atoms with Crippen LogP contribution >= 0.6 is 0 Å². The van der Waals surface area contributed by atoms with Crippen molar-refractivity contribution in [1.29, 1.82) is 0 Å². The lowest BCUT2D eigenvalue weighted by atomic mass is 10.1. The van der Waals surface area contributed by atoms with Gasteiger partial charge in [0, 0.05) is 13.0 Å². The lowest BCUT2D eigenvalue weighted by Crippen LogP contribution is -2.33. The summed E-state index contributed by atoms with van der Waals surface area (Å²) in [5.41, 5.74) is 2.34. The highest BCUT2D eigenvalue weighted by atomic mass is 16.5. The number of ether oxygens (including phenoxy) is 1. The molecule has 5 nitrogen and oxygen atoms in total. The molecule has 118 valence electrons. The number of carbonyl (C=O) groups is 2. The molecule has 1 aliphatic heterocycles. The molecule has 0 saturated heterocycles. The number of nitrogens with zero attached hydrogens (tertiary/aromatic N) is 1. The van der Waals surface area contributed by atoms with Gasteiger partial charge in [-0.25, -0.2) is 0 Å². The molecule has 0 saturated carbocycles. The van der Waals surface area contributed by atoms with Crippen molar-refractivity contribution in [2.75, 3.05) is 23.9 Å². The van der Waals surface area contributed by atoms with Crippen molar-refractivity contribution in [3.8, 4) is 5.75 Å². The van der Waals surface area contributed by atoms with Gasteiger partial charge in [0.25, 0.3) is 0 Å². The van der Waals surface area contributed by atoms with E-state index in [1.54, 1.807) is 12.0 Å². The van der Waals surface area contributed by atoms with Crippen molar-refractivity contribution in [2.45, 2.75) is 12.8 Å². The summed E-state index contributed by atoms with van der Waals surface area (Å²) >= 11 is 0. The van der Waals surface area contributed by atoms with Gasteiger partial charge in [-0.15, -0.1) is 0 Å². The van der Waals surface area contributed by atoms with Gasteiger partial charge >= 0.3 is 0 Å². The maximum absolute atomic E-state index is 12.7. The smallest absolute Gasteiger partial charge is 0.231 e. The Morgan fingerprint density at radius 3 is 2.65 bits per heavy atom. The first-order valence-electron chi connectivity index (χ1n) is 7.49. The van der Waals surface area contributed by atoms with Gasteiger partial charge in [0.1, 0.15) is 5.75 Å². The van der Waals surface area contributed by atoms with Crippen LogP contribution < -0.4 is 15.0 Å². The molecule has 5 heteroatoms. The zero-order valence-electron chi connectivity index (χ0n) is 12.9. The minimum atomic E-state index is -0.0720. The Kier molecular flexibility index (Phi) is 4.28. The Morgan fingerprint density at radius 2 is 1.91 bits per heavy atom. The topological polar surface area (TPSA) is 58.6 Å². The first kappa shape index (κ1) is 15.1. The summed E-state index contributed by atoms with van der Waals surface area (Å²) < 4.78 is 5.12. The van der Waals surface area contributed by atoms with E-state index in [0.29, 0.717) is 18.7 Å². The van der Waals surface area contributed by atoms with Crippen LogP contribution in [0, 0.1) is 0 Å². The molecule has 0 spiro atoms. The Labute approximate surface area is 134 Å². The van der Waals surface area contributed by atoms with E-state index in [9.17, 15) is 9.59 Å². The largest absolute Gasteiger partial charge is 0.497 e. The summed E-state index contributed by atoms with van der Waals surface area (Å²) in [6.07, 6.45) is 0.579. The maximum atomic E-state index is 12.7. The zero-order chi connectivity index (χ0) is 16.2. The van der Waals surface area contributed by atoms with Crippen molar-refractivity contribution in [3.05, 3.63) is 54.1 Å². The number of hydrogen-bond acceptors (Lipinski definition) is 3. The summed E-state index contributed by atoms with van der Waals surface area (Å²) in [6, 6.07) is 14.8. The SMILES string of the molecule is COc1ccc(CC(=O)N2CCC(=O)Nc3ccccc32)cc1. The molecule has 0 radical (unpaired) electrons. The fourth-order valence-electron chi connectivity index (χ4n) is 2.63. The van der Waals surface area contributed by atoms with Gasteiger partial charge in [0.15, 0.2) is 0 Å². The van der Waals surface area contributed by atoms with E-state index in [1.165, 1.54) is 0 Å². The Morgan fingerprint density at radius 1 is 1.17 bits per heavy atom. The number of nitrogens with one attached hydrogen (secondary N) is 1. The first-order chi connectivity index (χ1) is 11.2. The van der Waals surface area contributed by atoms with E-state index in [2.05, 4.69) is 5.32 Å². The van der Waals surface area contributed by atoms with Gasteiger partial charge in [-0.05, 0) is 29.8 Å². The van der Waals surface area contributed by atoms with Crippen LogP contribution in [-0.4, -0.2) is 25.5 Å². The average Bonchev–Trinajstić information content (AvgIpc) is 2.73. The number of amides is 2. The second kappa shape index (κ2) is 6.52. The van der Waals surface area contributed by atoms with Gasteiger partial charge in [-0.1, -0.05) is 24.3 Å². The minimum Gasteiger partial charge on any atom is -0.497 e. The molecule has 1 N–H and O–H groups in total. The first-order valence-corrected chi connectivity index (χ1v) is 7.49. The van der Waals surface area contributed by atoms with Crippen LogP contribution in [0.4, 0.5) is 11.4 Å². The molecule has 0 fully saturated rings. The fraction of sp³-hybridized carbons (Fsp3) is 0.222. The lowest BCUT2D eigenvalue weighted by Gasteiger charge is -2.22.